The molecule has 2 aromatic heterocycles. The summed E-state index contributed by atoms with van der Waals surface area (Å²) < 4.78 is 5.33. The van der Waals surface area contributed by atoms with Gasteiger partial charge in [0.25, 0.3) is 5.91 Å². The summed E-state index contributed by atoms with van der Waals surface area (Å²) in [4.78, 5) is 29.6. The van der Waals surface area contributed by atoms with E-state index in [9.17, 15) is 4.79 Å². The number of carbonyl (C=O) groups excluding carboxylic acids is 1. The maximum absolute atomic E-state index is 12.3. The van der Waals surface area contributed by atoms with Crippen LogP contribution in [-0.4, -0.2) is 66.1 Å². The number of hydrogen-bond donors (Lipinski definition) is 1. The fourth-order valence-electron chi connectivity index (χ4n) is 3.50. The van der Waals surface area contributed by atoms with Gasteiger partial charge in [0.15, 0.2) is 0 Å². The molecule has 1 aliphatic rings. The monoisotopic (exact) mass is 398 g/mol. The van der Waals surface area contributed by atoms with Crippen LogP contribution in [0.15, 0.2) is 12.1 Å². The predicted molar refractivity (Wildman–Crippen MR) is 113 cm³/mol. The van der Waals surface area contributed by atoms with E-state index in [1.165, 1.54) is 4.90 Å². The van der Waals surface area contributed by atoms with Gasteiger partial charge in [0.2, 0.25) is 5.82 Å². The number of hydrogen-bond acceptors (Lipinski definition) is 7. The zero-order valence-electron chi connectivity index (χ0n) is 18.1. The Kier molecular flexibility index (Phi) is 6.32. The summed E-state index contributed by atoms with van der Waals surface area (Å²) in [6.07, 6.45) is 1.00. The molecule has 0 aliphatic carbocycles. The van der Waals surface area contributed by atoms with Gasteiger partial charge in [-0.05, 0) is 27.2 Å². The second kappa shape index (κ2) is 8.73. The van der Waals surface area contributed by atoms with Crippen LogP contribution in [0.25, 0.3) is 0 Å². The Hall–Kier alpha value is -2.74. The van der Waals surface area contributed by atoms with Crippen molar-refractivity contribution in [3.8, 4) is 5.75 Å². The van der Waals surface area contributed by atoms with Crippen molar-refractivity contribution in [2.45, 2.75) is 39.8 Å². The first-order valence-corrected chi connectivity index (χ1v) is 9.85. The van der Waals surface area contributed by atoms with E-state index in [1.807, 2.05) is 32.9 Å². The molecule has 1 atom stereocenters. The van der Waals surface area contributed by atoms with Gasteiger partial charge in [0, 0.05) is 68.9 Å². The standard InChI is InChI=1S/C21H30N6O2/c1-13-9-18(29-6)10-17(23-13)11-22-16-7-8-27(12-16)20-14(2)15(3)24-19(25-20)21(28)26(4)5/h9-10,16,22H,7-8,11-12H2,1-6H3/t16-/m1/s1. The van der Waals surface area contributed by atoms with E-state index in [0.717, 1.165) is 53.7 Å². The largest absolute Gasteiger partial charge is 0.497 e. The molecule has 1 fully saturated rings. The molecule has 156 valence electrons. The lowest BCUT2D eigenvalue weighted by Crippen LogP contribution is -2.33. The second-order valence-corrected chi connectivity index (χ2v) is 7.73. The average molecular weight is 399 g/mol. The quantitative estimate of drug-likeness (QED) is 0.795. The zero-order chi connectivity index (χ0) is 21.1. The van der Waals surface area contributed by atoms with Crippen molar-refractivity contribution in [3.63, 3.8) is 0 Å². The number of anilines is 1. The average Bonchev–Trinajstić information content (AvgIpc) is 3.16. The van der Waals surface area contributed by atoms with Gasteiger partial charge in [-0.25, -0.2) is 9.97 Å². The van der Waals surface area contributed by atoms with Crippen LogP contribution in [0.2, 0.25) is 0 Å². The minimum atomic E-state index is -0.178. The van der Waals surface area contributed by atoms with Crippen LogP contribution in [0, 0.1) is 20.8 Å². The zero-order valence-corrected chi connectivity index (χ0v) is 18.1. The smallest absolute Gasteiger partial charge is 0.291 e. The highest BCUT2D eigenvalue weighted by atomic mass is 16.5. The number of amides is 1. The Morgan fingerprint density at radius 2 is 2.00 bits per heavy atom. The maximum atomic E-state index is 12.3. The molecule has 3 heterocycles. The van der Waals surface area contributed by atoms with E-state index in [1.54, 1.807) is 21.2 Å². The van der Waals surface area contributed by atoms with Gasteiger partial charge in [-0.1, -0.05) is 0 Å². The number of carbonyl (C=O) groups is 1. The number of methoxy groups -OCH3 is 1. The third kappa shape index (κ3) is 4.82. The molecule has 1 aliphatic heterocycles. The molecule has 8 heteroatoms. The van der Waals surface area contributed by atoms with Gasteiger partial charge in [0.05, 0.1) is 12.8 Å². The Balaban J connectivity index is 1.69. The molecule has 8 nitrogen and oxygen atoms in total. The van der Waals surface area contributed by atoms with Gasteiger partial charge in [-0.2, -0.15) is 0 Å². The third-order valence-corrected chi connectivity index (χ3v) is 5.24. The number of rotatable bonds is 6. The normalized spacial score (nSPS) is 16.2. The second-order valence-electron chi connectivity index (χ2n) is 7.73. The number of pyridine rings is 1. The topological polar surface area (TPSA) is 83.5 Å². The molecule has 0 saturated carbocycles. The van der Waals surface area contributed by atoms with Crippen LogP contribution in [-0.2, 0) is 6.54 Å². The lowest BCUT2D eigenvalue weighted by molar-refractivity contribution is 0.0815. The van der Waals surface area contributed by atoms with Crippen molar-refractivity contribution in [3.05, 3.63) is 40.6 Å². The summed E-state index contributed by atoms with van der Waals surface area (Å²) in [5, 5.41) is 3.59. The number of ether oxygens (including phenoxy) is 1. The molecule has 1 saturated heterocycles. The van der Waals surface area contributed by atoms with Gasteiger partial charge < -0.3 is 19.9 Å². The summed E-state index contributed by atoms with van der Waals surface area (Å²) in [6, 6.07) is 4.21. The molecule has 0 spiro atoms. The summed E-state index contributed by atoms with van der Waals surface area (Å²) in [5.41, 5.74) is 3.77. The molecule has 29 heavy (non-hydrogen) atoms. The van der Waals surface area contributed by atoms with Crippen molar-refractivity contribution >= 4 is 11.7 Å². The Labute approximate surface area is 172 Å². The van der Waals surface area contributed by atoms with Crippen LogP contribution < -0.4 is 15.0 Å². The minimum absolute atomic E-state index is 0.178. The van der Waals surface area contributed by atoms with Crippen molar-refractivity contribution in [2.75, 3.05) is 39.2 Å². The van der Waals surface area contributed by atoms with E-state index in [4.69, 9.17) is 4.74 Å². The van der Waals surface area contributed by atoms with Crippen molar-refractivity contribution in [2.24, 2.45) is 0 Å². The molecule has 1 amide bonds. The molecule has 0 unspecified atom stereocenters. The van der Waals surface area contributed by atoms with Crippen LogP contribution in [0.1, 0.15) is 39.7 Å². The van der Waals surface area contributed by atoms with E-state index >= 15 is 0 Å². The van der Waals surface area contributed by atoms with E-state index in [0.29, 0.717) is 12.6 Å². The number of nitrogens with zero attached hydrogens (tertiary/aromatic N) is 5. The summed E-state index contributed by atoms with van der Waals surface area (Å²) in [5.74, 6) is 1.75. The van der Waals surface area contributed by atoms with Gasteiger partial charge in [-0.15, -0.1) is 0 Å². The molecule has 0 radical (unpaired) electrons. The fraction of sp³-hybridized carbons (Fsp3) is 0.524. The summed E-state index contributed by atoms with van der Waals surface area (Å²) >= 11 is 0. The minimum Gasteiger partial charge on any atom is -0.497 e. The molecule has 3 rings (SSSR count). The number of nitrogens with one attached hydrogen (secondary N) is 1. The molecular formula is C21H30N6O2. The van der Waals surface area contributed by atoms with Crippen LogP contribution in [0.3, 0.4) is 0 Å². The highest BCUT2D eigenvalue weighted by Gasteiger charge is 2.26. The fourth-order valence-corrected chi connectivity index (χ4v) is 3.50. The number of aryl methyl sites for hydroxylation is 2. The van der Waals surface area contributed by atoms with Gasteiger partial charge in [0.1, 0.15) is 11.6 Å². The first-order valence-electron chi connectivity index (χ1n) is 9.85. The lowest BCUT2D eigenvalue weighted by Gasteiger charge is -2.22. The van der Waals surface area contributed by atoms with E-state index in [2.05, 4.69) is 25.2 Å². The van der Waals surface area contributed by atoms with Crippen LogP contribution in [0.5, 0.6) is 5.75 Å². The number of aromatic nitrogens is 3. The highest BCUT2D eigenvalue weighted by Crippen LogP contribution is 2.24. The van der Waals surface area contributed by atoms with Crippen LogP contribution >= 0.6 is 0 Å². The highest BCUT2D eigenvalue weighted by molar-refractivity contribution is 5.90. The molecule has 1 N–H and O–H groups in total. The van der Waals surface area contributed by atoms with Gasteiger partial charge in [-0.3, -0.25) is 9.78 Å². The summed E-state index contributed by atoms with van der Waals surface area (Å²) in [7, 11) is 5.09. The van der Waals surface area contributed by atoms with Crippen molar-refractivity contribution in [1.82, 2.24) is 25.2 Å². The third-order valence-electron chi connectivity index (χ3n) is 5.24. The molecule has 0 bridgehead atoms. The Morgan fingerprint density at radius 3 is 2.69 bits per heavy atom. The maximum Gasteiger partial charge on any atom is 0.291 e. The summed E-state index contributed by atoms with van der Waals surface area (Å²) in [6.45, 7) is 8.30. The Morgan fingerprint density at radius 1 is 1.24 bits per heavy atom. The van der Waals surface area contributed by atoms with Crippen molar-refractivity contribution < 1.29 is 9.53 Å². The molecule has 0 aromatic carbocycles. The van der Waals surface area contributed by atoms with Gasteiger partial charge >= 0.3 is 0 Å². The first kappa shape index (κ1) is 21.0. The van der Waals surface area contributed by atoms with Crippen LogP contribution in [0.4, 0.5) is 5.82 Å². The van der Waals surface area contributed by atoms with E-state index < -0.39 is 0 Å². The van der Waals surface area contributed by atoms with E-state index in [-0.39, 0.29) is 11.7 Å². The first-order chi connectivity index (χ1) is 13.8. The predicted octanol–water partition coefficient (Wildman–Crippen LogP) is 1.88. The Bertz CT molecular complexity index is 899. The lowest BCUT2D eigenvalue weighted by atomic mass is 10.2. The molecular weight excluding hydrogens is 368 g/mol. The molecule has 2 aromatic rings. The van der Waals surface area contributed by atoms with Crippen molar-refractivity contribution in [1.29, 1.82) is 0 Å². The SMILES string of the molecule is COc1cc(C)nc(CN[C@@H]2CCN(c3nc(C(=O)N(C)C)nc(C)c3C)C2)c1.